The van der Waals surface area contributed by atoms with Gasteiger partial charge in [0.2, 0.25) is 0 Å². The molecule has 0 fully saturated rings. The Kier molecular flexibility index (Phi) is 6.50. The number of nitrogen functional groups attached to an aromatic ring is 1. The molecule has 19 heavy (non-hydrogen) atoms. The lowest BCUT2D eigenvalue weighted by molar-refractivity contribution is 0.244. The van der Waals surface area contributed by atoms with Crippen molar-refractivity contribution < 1.29 is 4.74 Å². The van der Waals surface area contributed by atoms with Crippen LogP contribution < -0.4 is 15.8 Å². The Hall–Kier alpha value is -1.42. The van der Waals surface area contributed by atoms with Gasteiger partial charge < -0.3 is 20.7 Å². The number of rotatable bonds is 8. The van der Waals surface area contributed by atoms with Crippen molar-refractivity contribution in [1.29, 1.82) is 0 Å². The molecule has 0 aliphatic carbocycles. The summed E-state index contributed by atoms with van der Waals surface area (Å²) in [6.45, 7) is 12.4. The number of nitrogens with two attached hydrogens (primary N) is 1. The maximum absolute atomic E-state index is 6.11. The van der Waals surface area contributed by atoms with Crippen molar-refractivity contribution in [2.45, 2.75) is 33.8 Å². The van der Waals surface area contributed by atoms with Crippen molar-refractivity contribution in [3.63, 3.8) is 0 Å². The van der Waals surface area contributed by atoms with Gasteiger partial charge in [-0.2, -0.15) is 0 Å². The van der Waals surface area contributed by atoms with Crippen molar-refractivity contribution in [3.05, 3.63) is 18.2 Å². The first kappa shape index (κ1) is 15.6. The van der Waals surface area contributed by atoms with Gasteiger partial charge in [-0.05, 0) is 39.1 Å². The number of anilines is 2. The highest BCUT2D eigenvalue weighted by atomic mass is 16.5. The number of nitrogens with zero attached hydrogens (tertiary/aromatic N) is 1. The molecule has 0 saturated carbocycles. The zero-order valence-corrected chi connectivity index (χ0v) is 12.6. The number of hydrogen-bond donors (Lipinski definition) is 2. The van der Waals surface area contributed by atoms with Crippen LogP contribution in [0.2, 0.25) is 0 Å². The summed E-state index contributed by atoms with van der Waals surface area (Å²) in [5.74, 6) is 0.753. The van der Waals surface area contributed by atoms with E-state index in [1.54, 1.807) is 0 Å². The molecule has 0 spiro atoms. The lowest BCUT2D eigenvalue weighted by Gasteiger charge is -2.20. The van der Waals surface area contributed by atoms with E-state index in [1.807, 2.05) is 32.0 Å². The Labute approximate surface area is 116 Å². The van der Waals surface area contributed by atoms with Crippen LogP contribution in [0.25, 0.3) is 0 Å². The predicted octanol–water partition coefficient (Wildman–Crippen LogP) is 2.81. The molecule has 0 aromatic heterocycles. The molecule has 0 atom stereocenters. The molecule has 1 aromatic carbocycles. The SMILES string of the molecule is CCN(CC)CCNc1cccc(OC(C)C)c1N. The average Bonchev–Trinajstić information content (AvgIpc) is 2.38. The van der Waals surface area contributed by atoms with E-state index in [9.17, 15) is 0 Å². The van der Waals surface area contributed by atoms with E-state index in [-0.39, 0.29) is 6.10 Å². The van der Waals surface area contributed by atoms with E-state index in [0.717, 1.165) is 37.6 Å². The summed E-state index contributed by atoms with van der Waals surface area (Å²) >= 11 is 0. The fourth-order valence-corrected chi connectivity index (χ4v) is 1.94. The Morgan fingerprint density at radius 3 is 2.53 bits per heavy atom. The fraction of sp³-hybridized carbons (Fsp3) is 0.600. The van der Waals surface area contributed by atoms with Gasteiger partial charge in [-0.3, -0.25) is 0 Å². The molecule has 108 valence electrons. The molecule has 0 saturated heterocycles. The quantitative estimate of drug-likeness (QED) is 0.710. The summed E-state index contributed by atoms with van der Waals surface area (Å²) in [6, 6.07) is 5.86. The molecule has 0 amide bonds. The van der Waals surface area contributed by atoms with Crippen LogP contribution in [0, 0.1) is 0 Å². The third kappa shape index (κ3) is 4.99. The normalized spacial score (nSPS) is 11.1. The number of nitrogens with one attached hydrogen (secondary N) is 1. The lowest BCUT2D eigenvalue weighted by atomic mass is 10.2. The fourth-order valence-electron chi connectivity index (χ4n) is 1.94. The van der Waals surface area contributed by atoms with Gasteiger partial charge in [0.15, 0.2) is 0 Å². The van der Waals surface area contributed by atoms with E-state index in [4.69, 9.17) is 10.5 Å². The third-order valence-electron chi connectivity index (χ3n) is 3.07. The number of benzene rings is 1. The third-order valence-corrected chi connectivity index (χ3v) is 3.07. The Bertz CT molecular complexity index is 376. The topological polar surface area (TPSA) is 50.5 Å². The van der Waals surface area contributed by atoms with Crippen LogP contribution in [0.5, 0.6) is 5.75 Å². The summed E-state index contributed by atoms with van der Waals surface area (Å²) in [6.07, 6.45) is 0.133. The first-order valence-electron chi connectivity index (χ1n) is 7.09. The van der Waals surface area contributed by atoms with Crippen LogP contribution in [0.3, 0.4) is 0 Å². The average molecular weight is 265 g/mol. The first-order valence-corrected chi connectivity index (χ1v) is 7.09. The molecular formula is C15H27N3O. The number of ether oxygens (including phenoxy) is 1. The summed E-state index contributed by atoms with van der Waals surface area (Å²) in [5.41, 5.74) is 7.75. The van der Waals surface area contributed by atoms with Gasteiger partial charge in [-0.25, -0.2) is 0 Å². The second-order valence-corrected chi connectivity index (χ2v) is 4.84. The predicted molar refractivity (Wildman–Crippen MR) is 82.9 cm³/mol. The molecule has 0 unspecified atom stereocenters. The minimum absolute atomic E-state index is 0.133. The highest BCUT2D eigenvalue weighted by Gasteiger charge is 2.07. The minimum Gasteiger partial charge on any atom is -0.489 e. The van der Waals surface area contributed by atoms with E-state index < -0.39 is 0 Å². The van der Waals surface area contributed by atoms with Crippen LogP contribution >= 0.6 is 0 Å². The molecule has 1 aromatic rings. The highest BCUT2D eigenvalue weighted by molar-refractivity contribution is 5.72. The van der Waals surface area contributed by atoms with E-state index in [2.05, 4.69) is 24.1 Å². The molecule has 0 aliphatic heterocycles. The van der Waals surface area contributed by atoms with Crippen molar-refractivity contribution in [2.24, 2.45) is 0 Å². The second-order valence-electron chi connectivity index (χ2n) is 4.84. The molecule has 0 radical (unpaired) electrons. The molecule has 3 N–H and O–H groups in total. The van der Waals surface area contributed by atoms with Gasteiger partial charge in [-0.1, -0.05) is 19.9 Å². The molecule has 4 nitrogen and oxygen atoms in total. The Morgan fingerprint density at radius 2 is 1.95 bits per heavy atom. The summed E-state index contributed by atoms with van der Waals surface area (Å²) in [5, 5.41) is 3.38. The second kappa shape index (κ2) is 7.89. The smallest absolute Gasteiger partial charge is 0.144 e. The summed E-state index contributed by atoms with van der Waals surface area (Å²) in [7, 11) is 0. The van der Waals surface area contributed by atoms with Gasteiger partial charge >= 0.3 is 0 Å². The number of hydrogen-bond acceptors (Lipinski definition) is 4. The van der Waals surface area contributed by atoms with Gasteiger partial charge in [-0.15, -0.1) is 0 Å². The maximum Gasteiger partial charge on any atom is 0.144 e. The van der Waals surface area contributed by atoms with E-state index >= 15 is 0 Å². The van der Waals surface area contributed by atoms with Crippen LogP contribution in [0.4, 0.5) is 11.4 Å². The van der Waals surface area contributed by atoms with Crippen LogP contribution in [-0.4, -0.2) is 37.2 Å². The van der Waals surface area contributed by atoms with Gasteiger partial charge in [0.25, 0.3) is 0 Å². The number of likely N-dealkylation sites (N-methyl/N-ethyl adjacent to an activating group) is 1. The largest absolute Gasteiger partial charge is 0.489 e. The molecular weight excluding hydrogens is 238 g/mol. The van der Waals surface area contributed by atoms with Crippen molar-refractivity contribution in [1.82, 2.24) is 4.90 Å². The van der Waals surface area contributed by atoms with Gasteiger partial charge in [0.1, 0.15) is 5.75 Å². The molecule has 1 rings (SSSR count). The van der Waals surface area contributed by atoms with Crippen molar-refractivity contribution >= 4 is 11.4 Å². The van der Waals surface area contributed by atoms with Crippen LogP contribution in [-0.2, 0) is 0 Å². The van der Waals surface area contributed by atoms with Crippen molar-refractivity contribution in [2.75, 3.05) is 37.2 Å². The van der Waals surface area contributed by atoms with E-state index in [0.29, 0.717) is 5.69 Å². The maximum atomic E-state index is 6.11. The lowest BCUT2D eigenvalue weighted by Crippen LogP contribution is -2.28. The van der Waals surface area contributed by atoms with Crippen LogP contribution in [0.15, 0.2) is 18.2 Å². The standard InChI is InChI=1S/C15H27N3O/c1-5-18(6-2)11-10-17-13-8-7-9-14(15(13)16)19-12(3)4/h7-9,12,17H,5-6,10-11,16H2,1-4H3. The molecule has 0 aliphatic rings. The molecule has 0 bridgehead atoms. The zero-order valence-electron chi connectivity index (χ0n) is 12.6. The van der Waals surface area contributed by atoms with Crippen molar-refractivity contribution in [3.8, 4) is 5.75 Å². The minimum atomic E-state index is 0.133. The Morgan fingerprint density at radius 1 is 1.26 bits per heavy atom. The van der Waals surface area contributed by atoms with Gasteiger partial charge in [0, 0.05) is 13.1 Å². The van der Waals surface area contributed by atoms with Crippen LogP contribution in [0.1, 0.15) is 27.7 Å². The van der Waals surface area contributed by atoms with Gasteiger partial charge in [0.05, 0.1) is 17.5 Å². The molecule has 4 heteroatoms. The number of para-hydroxylation sites is 1. The zero-order chi connectivity index (χ0) is 14.3. The monoisotopic (exact) mass is 265 g/mol. The van der Waals surface area contributed by atoms with E-state index in [1.165, 1.54) is 0 Å². The molecule has 0 heterocycles. The summed E-state index contributed by atoms with van der Waals surface area (Å²) in [4.78, 5) is 2.37. The first-order chi connectivity index (χ1) is 9.08. The summed E-state index contributed by atoms with van der Waals surface area (Å²) < 4.78 is 5.68. The highest BCUT2D eigenvalue weighted by Crippen LogP contribution is 2.29. The Balaban J connectivity index is 2.58.